The third-order valence-corrected chi connectivity index (χ3v) is 4.34. The minimum Gasteiger partial charge on any atom is -0.306 e. The van der Waals surface area contributed by atoms with Gasteiger partial charge in [0.15, 0.2) is 0 Å². The maximum Gasteiger partial charge on any atom is 0.0498 e. The first kappa shape index (κ1) is 11.8. The quantitative estimate of drug-likeness (QED) is 0.786. The van der Waals surface area contributed by atoms with E-state index in [9.17, 15) is 4.21 Å². The molecule has 1 aromatic carbocycles. The van der Waals surface area contributed by atoms with Gasteiger partial charge in [0.2, 0.25) is 0 Å². The fourth-order valence-electron chi connectivity index (χ4n) is 2.27. The molecule has 0 radical (unpaired) electrons. The zero-order chi connectivity index (χ0) is 11.5. The van der Waals surface area contributed by atoms with E-state index in [1.165, 1.54) is 31.5 Å². The highest BCUT2D eigenvalue weighted by atomic mass is 32.2. The number of likely N-dealkylation sites (tertiary alicyclic amines) is 1. The van der Waals surface area contributed by atoms with Crippen LogP contribution in [0.1, 0.15) is 24.3 Å². The fraction of sp³-hybridized carbons (Fsp3) is 0.538. The normalized spacial score (nSPS) is 20.9. The molecule has 16 heavy (non-hydrogen) atoms. The summed E-state index contributed by atoms with van der Waals surface area (Å²) in [5, 5.41) is 0. The highest BCUT2D eigenvalue weighted by Crippen LogP contribution is 2.27. The van der Waals surface area contributed by atoms with Crippen molar-refractivity contribution in [3.63, 3.8) is 0 Å². The van der Waals surface area contributed by atoms with Crippen molar-refractivity contribution in [2.24, 2.45) is 0 Å². The maximum atomic E-state index is 11.3. The average molecular weight is 237 g/mol. The largest absolute Gasteiger partial charge is 0.306 e. The molecule has 3 heteroatoms. The zero-order valence-corrected chi connectivity index (χ0v) is 10.8. The van der Waals surface area contributed by atoms with Gasteiger partial charge in [0.05, 0.1) is 0 Å². The molecule has 1 unspecified atom stereocenters. The Kier molecular flexibility index (Phi) is 3.77. The molecule has 1 saturated heterocycles. The van der Waals surface area contributed by atoms with Crippen LogP contribution in [0.4, 0.5) is 0 Å². The van der Waals surface area contributed by atoms with Gasteiger partial charge in [-0.2, -0.15) is 0 Å². The molecule has 0 aromatic heterocycles. The third kappa shape index (κ3) is 2.71. The maximum absolute atomic E-state index is 11.3. The molecule has 0 aliphatic carbocycles. The summed E-state index contributed by atoms with van der Waals surface area (Å²) in [4.78, 5) is 3.31. The van der Waals surface area contributed by atoms with Gasteiger partial charge in [-0.3, -0.25) is 4.21 Å². The van der Waals surface area contributed by atoms with Crippen molar-refractivity contribution < 1.29 is 4.21 Å². The molecule has 1 heterocycles. The van der Waals surface area contributed by atoms with Gasteiger partial charge in [-0.1, -0.05) is 12.1 Å². The summed E-state index contributed by atoms with van der Waals surface area (Å²) in [5.74, 6) is 0.690. The number of hydrogen-bond donors (Lipinski definition) is 0. The summed E-state index contributed by atoms with van der Waals surface area (Å²) in [6.07, 6.45) is 4.21. The van der Waals surface area contributed by atoms with Gasteiger partial charge in [0, 0.05) is 22.0 Å². The fourth-order valence-corrected chi connectivity index (χ4v) is 2.79. The van der Waals surface area contributed by atoms with Crippen LogP contribution in [0.15, 0.2) is 29.2 Å². The molecular weight excluding hydrogens is 218 g/mol. The number of rotatable bonds is 2. The molecule has 2 rings (SSSR count). The van der Waals surface area contributed by atoms with Crippen LogP contribution in [0.5, 0.6) is 0 Å². The molecule has 1 atom stereocenters. The number of piperidine rings is 1. The lowest BCUT2D eigenvalue weighted by Gasteiger charge is -2.29. The van der Waals surface area contributed by atoms with Crippen molar-refractivity contribution in [1.82, 2.24) is 4.90 Å². The Morgan fingerprint density at radius 1 is 1.19 bits per heavy atom. The summed E-state index contributed by atoms with van der Waals surface area (Å²) in [6, 6.07) is 8.30. The van der Waals surface area contributed by atoms with Gasteiger partial charge < -0.3 is 4.90 Å². The highest BCUT2D eigenvalue weighted by Gasteiger charge is 2.18. The van der Waals surface area contributed by atoms with E-state index < -0.39 is 10.8 Å². The Bertz CT molecular complexity index is 366. The second-order valence-electron chi connectivity index (χ2n) is 4.60. The number of benzene rings is 1. The van der Waals surface area contributed by atoms with Crippen molar-refractivity contribution >= 4 is 10.8 Å². The molecule has 1 aliphatic rings. The molecule has 88 valence electrons. The second kappa shape index (κ2) is 5.11. The third-order valence-electron chi connectivity index (χ3n) is 3.40. The molecular formula is C13H19NOS. The lowest BCUT2D eigenvalue weighted by Crippen LogP contribution is -2.29. The minimum absolute atomic E-state index is 0.690. The molecule has 0 spiro atoms. The molecule has 1 fully saturated rings. The van der Waals surface area contributed by atoms with Crippen molar-refractivity contribution in [1.29, 1.82) is 0 Å². The average Bonchev–Trinajstić information content (AvgIpc) is 2.30. The lowest BCUT2D eigenvalue weighted by atomic mass is 9.90. The molecule has 1 aliphatic heterocycles. The van der Waals surface area contributed by atoms with Gasteiger partial charge in [-0.15, -0.1) is 0 Å². The molecule has 2 nitrogen and oxygen atoms in total. The van der Waals surface area contributed by atoms with Gasteiger partial charge in [-0.05, 0) is 56.6 Å². The van der Waals surface area contributed by atoms with Crippen molar-refractivity contribution in [3.05, 3.63) is 29.8 Å². The van der Waals surface area contributed by atoms with E-state index in [0.717, 1.165) is 4.90 Å². The molecule has 0 amide bonds. The van der Waals surface area contributed by atoms with Crippen LogP contribution in [-0.4, -0.2) is 35.5 Å². The highest BCUT2D eigenvalue weighted by molar-refractivity contribution is 7.84. The summed E-state index contributed by atoms with van der Waals surface area (Å²) < 4.78 is 11.3. The first-order chi connectivity index (χ1) is 7.66. The summed E-state index contributed by atoms with van der Waals surface area (Å²) in [5.41, 5.74) is 1.40. The van der Waals surface area contributed by atoms with E-state index in [2.05, 4.69) is 24.1 Å². The Morgan fingerprint density at radius 2 is 1.75 bits per heavy atom. The van der Waals surface area contributed by atoms with Gasteiger partial charge in [-0.25, -0.2) is 0 Å². The van der Waals surface area contributed by atoms with Crippen LogP contribution in [0.25, 0.3) is 0 Å². The van der Waals surface area contributed by atoms with E-state index in [1.54, 1.807) is 6.26 Å². The van der Waals surface area contributed by atoms with Crippen LogP contribution in [0, 0.1) is 0 Å². The standard InChI is InChI=1S/C13H19NOS/c1-14-9-7-12(8-10-14)11-3-5-13(6-4-11)16(2)15/h3-6,12H,7-10H2,1-2H3. The van der Waals surface area contributed by atoms with Crippen molar-refractivity contribution in [3.8, 4) is 0 Å². The minimum atomic E-state index is -0.856. The van der Waals surface area contributed by atoms with Crippen LogP contribution in [-0.2, 0) is 10.8 Å². The summed E-state index contributed by atoms with van der Waals surface area (Å²) >= 11 is 0. The van der Waals surface area contributed by atoms with E-state index in [4.69, 9.17) is 0 Å². The van der Waals surface area contributed by atoms with Crippen molar-refractivity contribution in [2.75, 3.05) is 26.4 Å². The first-order valence-electron chi connectivity index (χ1n) is 5.79. The molecule has 0 N–H and O–H groups in total. The van der Waals surface area contributed by atoms with E-state index in [1.807, 2.05) is 12.1 Å². The predicted molar refractivity (Wildman–Crippen MR) is 68.2 cm³/mol. The second-order valence-corrected chi connectivity index (χ2v) is 5.98. The SMILES string of the molecule is CN1CCC(c2ccc(S(C)=O)cc2)CC1. The van der Waals surface area contributed by atoms with Crippen LogP contribution >= 0.6 is 0 Å². The summed E-state index contributed by atoms with van der Waals surface area (Å²) in [7, 11) is 1.32. The Morgan fingerprint density at radius 3 is 2.25 bits per heavy atom. The van der Waals surface area contributed by atoms with Crippen LogP contribution in [0.3, 0.4) is 0 Å². The van der Waals surface area contributed by atoms with Crippen LogP contribution in [0.2, 0.25) is 0 Å². The molecule has 1 aromatic rings. The monoisotopic (exact) mass is 237 g/mol. The molecule has 0 bridgehead atoms. The Labute approximate surface area is 100 Å². The molecule has 0 saturated carbocycles. The van der Waals surface area contributed by atoms with Crippen LogP contribution < -0.4 is 0 Å². The first-order valence-corrected chi connectivity index (χ1v) is 7.34. The van der Waals surface area contributed by atoms with E-state index in [-0.39, 0.29) is 0 Å². The van der Waals surface area contributed by atoms with Gasteiger partial charge in [0.25, 0.3) is 0 Å². The van der Waals surface area contributed by atoms with E-state index in [0.29, 0.717) is 5.92 Å². The van der Waals surface area contributed by atoms with E-state index >= 15 is 0 Å². The topological polar surface area (TPSA) is 20.3 Å². The lowest BCUT2D eigenvalue weighted by molar-refractivity contribution is 0.255. The van der Waals surface area contributed by atoms with Gasteiger partial charge in [0.1, 0.15) is 0 Å². The zero-order valence-electron chi connectivity index (χ0n) is 9.98. The smallest absolute Gasteiger partial charge is 0.0498 e. The predicted octanol–water partition coefficient (Wildman–Crippen LogP) is 2.23. The Balaban J connectivity index is 2.07. The van der Waals surface area contributed by atoms with Gasteiger partial charge >= 0.3 is 0 Å². The summed E-state index contributed by atoms with van der Waals surface area (Å²) in [6.45, 7) is 2.37. The number of hydrogen-bond acceptors (Lipinski definition) is 2. The number of nitrogens with zero attached hydrogens (tertiary/aromatic N) is 1. The van der Waals surface area contributed by atoms with Crippen molar-refractivity contribution in [2.45, 2.75) is 23.7 Å². The Hall–Kier alpha value is -0.670.